The maximum atomic E-state index is 5.45. The van der Waals surface area contributed by atoms with Crippen molar-refractivity contribution >= 4 is 0 Å². The number of aryl methyl sites for hydroxylation is 1. The summed E-state index contributed by atoms with van der Waals surface area (Å²) in [5.74, 6) is 0.496. The van der Waals surface area contributed by atoms with E-state index >= 15 is 0 Å². The van der Waals surface area contributed by atoms with Crippen molar-refractivity contribution in [2.45, 2.75) is 13.0 Å². The predicted molar refractivity (Wildman–Crippen MR) is 62.8 cm³/mol. The van der Waals surface area contributed by atoms with Crippen LogP contribution in [0.1, 0.15) is 18.5 Å². The summed E-state index contributed by atoms with van der Waals surface area (Å²) >= 11 is 0. The third kappa shape index (κ3) is 2.79. The number of hydrogen-bond donors (Lipinski definition) is 1. The Balaban J connectivity index is 2.16. The summed E-state index contributed by atoms with van der Waals surface area (Å²) < 4.78 is 7.03. The Morgan fingerprint density at radius 2 is 2.24 bits per heavy atom. The van der Waals surface area contributed by atoms with Gasteiger partial charge in [0.15, 0.2) is 0 Å². The summed E-state index contributed by atoms with van der Waals surface area (Å²) in [6, 6.07) is 4.36. The summed E-state index contributed by atoms with van der Waals surface area (Å²) in [7, 11) is 3.69. The summed E-state index contributed by atoms with van der Waals surface area (Å²) in [5.41, 5.74) is 1.11. The molecule has 0 saturated carbocycles. The molecule has 0 aliphatic carbocycles. The molecule has 0 fully saturated rings. The molecule has 0 aromatic carbocycles. The zero-order valence-electron chi connectivity index (χ0n) is 10.1. The van der Waals surface area contributed by atoms with E-state index in [4.69, 9.17) is 4.74 Å². The first-order chi connectivity index (χ1) is 8.19. The fourth-order valence-electron chi connectivity index (χ4n) is 1.38. The van der Waals surface area contributed by atoms with E-state index in [2.05, 4.69) is 27.3 Å². The van der Waals surface area contributed by atoms with Crippen molar-refractivity contribution in [3.63, 3.8) is 0 Å². The first kappa shape index (κ1) is 11.5. The van der Waals surface area contributed by atoms with Crippen molar-refractivity contribution in [3.8, 4) is 11.9 Å². The van der Waals surface area contributed by atoms with Gasteiger partial charge >= 0.3 is 6.01 Å². The minimum absolute atomic E-state index is 0.247. The van der Waals surface area contributed by atoms with Crippen LogP contribution in [-0.4, -0.2) is 26.8 Å². The molecule has 2 rings (SSSR count). The standard InChI is InChI=1S/C11H15N5O/c1-8(12-2)9-4-5-13-10(6-9)17-11-14-7-16(3)15-11/h4-8,12H,1-3H3. The lowest BCUT2D eigenvalue weighted by atomic mass is 10.1. The monoisotopic (exact) mass is 233 g/mol. The molecule has 1 atom stereocenters. The molecule has 0 radical (unpaired) electrons. The number of aromatic nitrogens is 4. The molecule has 0 amide bonds. The van der Waals surface area contributed by atoms with Crippen molar-refractivity contribution < 1.29 is 4.74 Å². The van der Waals surface area contributed by atoms with E-state index in [0.717, 1.165) is 5.56 Å². The van der Waals surface area contributed by atoms with Crippen LogP contribution in [0, 0.1) is 0 Å². The zero-order valence-corrected chi connectivity index (χ0v) is 10.1. The predicted octanol–water partition coefficient (Wildman–Crippen LogP) is 1.28. The van der Waals surface area contributed by atoms with Gasteiger partial charge in [-0.15, -0.1) is 5.10 Å². The van der Waals surface area contributed by atoms with Crippen LogP contribution in [0.3, 0.4) is 0 Å². The van der Waals surface area contributed by atoms with Crippen LogP contribution in [0.25, 0.3) is 0 Å². The molecule has 0 spiro atoms. The number of rotatable bonds is 4. The van der Waals surface area contributed by atoms with Gasteiger partial charge in [-0.1, -0.05) is 0 Å². The quantitative estimate of drug-likeness (QED) is 0.861. The molecular weight excluding hydrogens is 218 g/mol. The molecule has 6 heteroatoms. The highest BCUT2D eigenvalue weighted by atomic mass is 16.5. The number of ether oxygens (including phenoxy) is 1. The molecule has 2 aromatic heterocycles. The van der Waals surface area contributed by atoms with Crippen molar-refractivity contribution in [3.05, 3.63) is 30.2 Å². The Morgan fingerprint density at radius 3 is 2.88 bits per heavy atom. The molecule has 6 nitrogen and oxygen atoms in total. The van der Waals surface area contributed by atoms with Crippen LogP contribution >= 0.6 is 0 Å². The molecular formula is C11H15N5O. The summed E-state index contributed by atoms with van der Waals surface area (Å²) in [5, 5.41) is 7.19. The fraction of sp³-hybridized carbons (Fsp3) is 0.364. The Bertz CT molecular complexity index is 496. The van der Waals surface area contributed by atoms with Crippen LogP contribution in [-0.2, 0) is 7.05 Å². The third-order valence-electron chi connectivity index (χ3n) is 2.47. The normalized spacial score (nSPS) is 12.4. The Kier molecular flexibility index (Phi) is 3.34. The second-order valence-corrected chi connectivity index (χ2v) is 3.74. The molecule has 0 bridgehead atoms. The maximum Gasteiger partial charge on any atom is 0.342 e. The van der Waals surface area contributed by atoms with Gasteiger partial charge < -0.3 is 10.1 Å². The lowest BCUT2D eigenvalue weighted by Crippen LogP contribution is -2.12. The molecule has 0 aliphatic heterocycles. The molecule has 2 aromatic rings. The largest absolute Gasteiger partial charge is 0.404 e. The Morgan fingerprint density at radius 1 is 1.41 bits per heavy atom. The molecule has 1 N–H and O–H groups in total. The van der Waals surface area contributed by atoms with Crippen molar-refractivity contribution in [1.29, 1.82) is 0 Å². The molecule has 0 aliphatic rings. The molecule has 17 heavy (non-hydrogen) atoms. The number of nitrogens with one attached hydrogen (secondary N) is 1. The fourth-order valence-corrected chi connectivity index (χ4v) is 1.38. The van der Waals surface area contributed by atoms with Gasteiger partial charge in [0.1, 0.15) is 6.33 Å². The van der Waals surface area contributed by atoms with Crippen molar-refractivity contribution in [1.82, 2.24) is 25.1 Å². The van der Waals surface area contributed by atoms with Gasteiger partial charge in [0.05, 0.1) is 0 Å². The zero-order chi connectivity index (χ0) is 12.3. The second-order valence-electron chi connectivity index (χ2n) is 3.74. The average molecular weight is 233 g/mol. The highest BCUT2D eigenvalue weighted by molar-refractivity contribution is 5.24. The average Bonchev–Trinajstić information content (AvgIpc) is 2.74. The van der Waals surface area contributed by atoms with Crippen LogP contribution in [0.2, 0.25) is 0 Å². The van der Waals surface area contributed by atoms with E-state index in [0.29, 0.717) is 11.9 Å². The van der Waals surface area contributed by atoms with Gasteiger partial charge in [0.25, 0.3) is 0 Å². The van der Waals surface area contributed by atoms with Crippen molar-refractivity contribution in [2.24, 2.45) is 7.05 Å². The van der Waals surface area contributed by atoms with Crippen LogP contribution < -0.4 is 10.1 Å². The van der Waals surface area contributed by atoms with Gasteiger partial charge in [-0.25, -0.2) is 4.98 Å². The SMILES string of the molecule is CNC(C)c1ccnc(Oc2ncn(C)n2)c1. The highest BCUT2D eigenvalue weighted by Crippen LogP contribution is 2.19. The van der Waals surface area contributed by atoms with E-state index in [-0.39, 0.29) is 6.04 Å². The summed E-state index contributed by atoms with van der Waals surface area (Å²) in [6.45, 7) is 2.07. The number of hydrogen-bond acceptors (Lipinski definition) is 5. The van der Waals surface area contributed by atoms with Gasteiger partial charge in [-0.05, 0) is 25.6 Å². The summed E-state index contributed by atoms with van der Waals surface area (Å²) in [6.07, 6.45) is 3.29. The van der Waals surface area contributed by atoms with Crippen LogP contribution in [0.5, 0.6) is 11.9 Å². The minimum atomic E-state index is 0.247. The van der Waals surface area contributed by atoms with Crippen LogP contribution in [0.15, 0.2) is 24.7 Å². The Labute approximate surface area is 99.7 Å². The molecule has 1 unspecified atom stereocenters. The van der Waals surface area contributed by atoms with E-state index in [9.17, 15) is 0 Å². The maximum absolute atomic E-state index is 5.45. The van der Waals surface area contributed by atoms with E-state index < -0.39 is 0 Å². The van der Waals surface area contributed by atoms with E-state index in [1.165, 1.54) is 0 Å². The third-order valence-corrected chi connectivity index (χ3v) is 2.47. The van der Waals surface area contributed by atoms with Gasteiger partial charge in [-0.3, -0.25) is 4.68 Å². The minimum Gasteiger partial charge on any atom is -0.404 e. The first-order valence-corrected chi connectivity index (χ1v) is 5.35. The molecule has 2 heterocycles. The van der Waals surface area contributed by atoms with Gasteiger partial charge in [0.2, 0.25) is 5.88 Å². The first-order valence-electron chi connectivity index (χ1n) is 5.35. The van der Waals surface area contributed by atoms with Gasteiger partial charge in [-0.2, -0.15) is 4.98 Å². The lowest BCUT2D eigenvalue weighted by Gasteiger charge is -2.10. The van der Waals surface area contributed by atoms with Gasteiger partial charge in [0, 0.05) is 25.4 Å². The second kappa shape index (κ2) is 4.92. The topological polar surface area (TPSA) is 64.9 Å². The number of nitrogens with zero attached hydrogens (tertiary/aromatic N) is 4. The highest BCUT2D eigenvalue weighted by Gasteiger charge is 2.07. The Hall–Kier alpha value is -1.95. The summed E-state index contributed by atoms with van der Waals surface area (Å²) in [4.78, 5) is 8.10. The van der Waals surface area contributed by atoms with E-state index in [1.807, 2.05) is 19.2 Å². The molecule has 0 saturated heterocycles. The number of pyridine rings is 1. The molecule has 90 valence electrons. The lowest BCUT2D eigenvalue weighted by molar-refractivity contribution is 0.421. The smallest absolute Gasteiger partial charge is 0.342 e. The van der Waals surface area contributed by atoms with Crippen molar-refractivity contribution in [2.75, 3.05) is 7.05 Å². The van der Waals surface area contributed by atoms with Crippen LogP contribution in [0.4, 0.5) is 0 Å². The van der Waals surface area contributed by atoms with E-state index in [1.54, 1.807) is 24.3 Å².